The van der Waals surface area contributed by atoms with Crippen LogP contribution in [0.4, 0.5) is 11.6 Å². The predicted molar refractivity (Wildman–Crippen MR) is 128 cm³/mol. The molecule has 1 aliphatic rings. The van der Waals surface area contributed by atoms with E-state index in [1.807, 2.05) is 77.7 Å². The lowest BCUT2D eigenvalue weighted by Gasteiger charge is -2.16. The highest BCUT2D eigenvalue weighted by molar-refractivity contribution is 9.10. The third-order valence-electron chi connectivity index (χ3n) is 5.46. The van der Waals surface area contributed by atoms with E-state index in [1.165, 1.54) is 0 Å². The zero-order valence-electron chi connectivity index (χ0n) is 16.9. The minimum Gasteiger partial charge on any atom is -0.339 e. The molecule has 2 heterocycles. The summed E-state index contributed by atoms with van der Waals surface area (Å²) in [5, 5.41) is 4.28. The van der Waals surface area contributed by atoms with Crippen LogP contribution >= 0.6 is 15.9 Å². The van der Waals surface area contributed by atoms with Crippen LogP contribution in [0.3, 0.4) is 0 Å². The first-order chi connectivity index (χ1) is 15.2. The molecule has 0 radical (unpaired) electrons. The Morgan fingerprint density at radius 1 is 0.903 bits per heavy atom. The van der Waals surface area contributed by atoms with Crippen molar-refractivity contribution in [2.75, 3.05) is 18.4 Å². The topological polar surface area (TPSA) is 58.1 Å². The van der Waals surface area contributed by atoms with Crippen LogP contribution in [0.25, 0.3) is 22.2 Å². The van der Waals surface area contributed by atoms with Gasteiger partial charge in [-0.1, -0.05) is 52.3 Å². The third kappa shape index (κ3) is 4.16. The summed E-state index contributed by atoms with van der Waals surface area (Å²) in [6, 6.07) is 23.6. The summed E-state index contributed by atoms with van der Waals surface area (Å²) in [5.41, 5.74) is 4.21. The third-order valence-corrected chi connectivity index (χ3v) is 5.96. The van der Waals surface area contributed by atoms with Crippen molar-refractivity contribution < 1.29 is 4.79 Å². The molecule has 3 aromatic carbocycles. The summed E-state index contributed by atoms with van der Waals surface area (Å²) in [6.45, 7) is 1.67. The average Bonchev–Trinajstić information content (AvgIpc) is 3.34. The van der Waals surface area contributed by atoms with Crippen molar-refractivity contribution in [3.05, 3.63) is 82.8 Å². The number of carbonyl (C=O) groups excluding carboxylic acids is 1. The van der Waals surface area contributed by atoms with Gasteiger partial charge in [-0.3, -0.25) is 4.79 Å². The summed E-state index contributed by atoms with van der Waals surface area (Å²) >= 11 is 3.55. The van der Waals surface area contributed by atoms with Crippen LogP contribution in [0.15, 0.2) is 77.3 Å². The molecule has 6 heteroatoms. The Morgan fingerprint density at radius 3 is 2.52 bits per heavy atom. The van der Waals surface area contributed by atoms with Crippen LogP contribution in [-0.4, -0.2) is 33.9 Å². The van der Waals surface area contributed by atoms with E-state index in [0.29, 0.717) is 11.5 Å². The SMILES string of the molecule is O=C(c1cccc(Nc2nc(-c3ccccc3)c3cc(Br)ccc3n2)c1)N1CCCC1. The summed E-state index contributed by atoms with van der Waals surface area (Å²) in [4.78, 5) is 24.2. The smallest absolute Gasteiger partial charge is 0.253 e. The fourth-order valence-corrected chi connectivity index (χ4v) is 4.30. The highest BCUT2D eigenvalue weighted by atomic mass is 79.9. The lowest BCUT2D eigenvalue weighted by atomic mass is 10.1. The second-order valence-electron chi connectivity index (χ2n) is 7.63. The van der Waals surface area contributed by atoms with Gasteiger partial charge in [0.05, 0.1) is 11.2 Å². The molecule has 0 unspecified atom stereocenters. The zero-order valence-corrected chi connectivity index (χ0v) is 18.5. The fraction of sp³-hybridized carbons (Fsp3) is 0.160. The Labute approximate surface area is 189 Å². The Bertz CT molecular complexity index is 1250. The molecule has 154 valence electrons. The quantitative estimate of drug-likeness (QED) is 0.393. The maximum atomic E-state index is 12.8. The number of aromatic nitrogens is 2. The van der Waals surface area contributed by atoms with Gasteiger partial charge in [-0.15, -0.1) is 0 Å². The van der Waals surface area contributed by atoms with Gasteiger partial charge in [-0.05, 0) is 49.2 Å². The molecule has 0 bridgehead atoms. The van der Waals surface area contributed by atoms with E-state index in [-0.39, 0.29) is 5.91 Å². The lowest BCUT2D eigenvalue weighted by molar-refractivity contribution is 0.0793. The molecule has 31 heavy (non-hydrogen) atoms. The van der Waals surface area contributed by atoms with Gasteiger partial charge in [-0.2, -0.15) is 0 Å². The molecule has 0 aliphatic carbocycles. The van der Waals surface area contributed by atoms with Gasteiger partial charge in [0.2, 0.25) is 5.95 Å². The lowest BCUT2D eigenvalue weighted by Crippen LogP contribution is -2.27. The van der Waals surface area contributed by atoms with Gasteiger partial charge in [-0.25, -0.2) is 9.97 Å². The largest absolute Gasteiger partial charge is 0.339 e. The Kier molecular flexibility index (Phi) is 5.38. The molecule has 1 amide bonds. The van der Waals surface area contributed by atoms with Crippen molar-refractivity contribution >= 4 is 44.4 Å². The van der Waals surface area contributed by atoms with Crippen LogP contribution in [0.5, 0.6) is 0 Å². The highest BCUT2D eigenvalue weighted by Crippen LogP contribution is 2.30. The van der Waals surface area contributed by atoms with Crippen molar-refractivity contribution in [3.63, 3.8) is 0 Å². The first kappa shape index (κ1) is 19.7. The Balaban J connectivity index is 1.52. The van der Waals surface area contributed by atoms with Crippen LogP contribution < -0.4 is 5.32 Å². The number of nitrogens with zero attached hydrogens (tertiary/aromatic N) is 3. The van der Waals surface area contributed by atoms with Gasteiger partial charge in [0.25, 0.3) is 5.91 Å². The molecule has 1 fully saturated rings. The van der Waals surface area contributed by atoms with Crippen molar-refractivity contribution in [2.24, 2.45) is 0 Å². The molecule has 1 aliphatic heterocycles. The van der Waals surface area contributed by atoms with Gasteiger partial charge in [0, 0.05) is 39.8 Å². The van der Waals surface area contributed by atoms with Crippen LogP contribution in [-0.2, 0) is 0 Å². The molecule has 0 atom stereocenters. The normalized spacial score (nSPS) is 13.5. The van der Waals surface area contributed by atoms with E-state index in [1.54, 1.807) is 0 Å². The second-order valence-corrected chi connectivity index (χ2v) is 8.54. The molecular weight excluding hydrogens is 452 g/mol. The minimum atomic E-state index is 0.0791. The number of amides is 1. The highest BCUT2D eigenvalue weighted by Gasteiger charge is 2.19. The summed E-state index contributed by atoms with van der Waals surface area (Å²) in [5.74, 6) is 0.579. The molecular formula is C25H21BrN4O. The predicted octanol–water partition coefficient (Wildman–Crippen LogP) is 6.04. The van der Waals surface area contributed by atoms with Gasteiger partial charge < -0.3 is 10.2 Å². The van der Waals surface area contributed by atoms with E-state index in [4.69, 9.17) is 9.97 Å². The molecule has 4 aromatic rings. The van der Waals surface area contributed by atoms with Crippen LogP contribution in [0, 0.1) is 0 Å². The number of anilines is 2. The van der Waals surface area contributed by atoms with Crippen molar-refractivity contribution in [1.82, 2.24) is 14.9 Å². The van der Waals surface area contributed by atoms with E-state index >= 15 is 0 Å². The van der Waals surface area contributed by atoms with E-state index < -0.39 is 0 Å². The van der Waals surface area contributed by atoms with E-state index in [9.17, 15) is 4.79 Å². The minimum absolute atomic E-state index is 0.0791. The first-order valence-electron chi connectivity index (χ1n) is 10.4. The van der Waals surface area contributed by atoms with Crippen LogP contribution in [0.2, 0.25) is 0 Å². The molecule has 1 aromatic heterocycles. The number of rotatable bonds is 4. The summed E-state index contributed by atoms with van der Waals surface area (Å²) in [6.07, 6.45) is 2.15. The fourth-order valence-electron chi connectivity index (χ4n) is 3.93. The van der Waals surface area contributed by atoms with E-state index in [0.717, 1.165) is 58.3 Å². The Hall–Kier alpha value is -3.25. The average molecular weight is 473 g/mol. The standard InChI is InChI=1S/C25H21BrN4O/c26-19-11-12-22-21(16-19)23(17-7-2-1-3-8-17)29-25(28-22)27-20-10-6-9-18(15-20)24(31)30-13-4-5-14-30/h1-3,6-12,15-16H,4-5,13-14H2,(H,27,28,29). The van der Waals surface area contributed by atoms with E-state index in [2.05, 4.69) is 21.2 Å². The number of benzene rings is 3. The monoisotopic (exact) mass is 472 g/mol. The number of likely N-dealkylation sites (tertiary alicyclic amines) is 1. The first-order valence-corrected chi connectivity index (χ1v) is 11.2. The van der Waals surface area contributed by atoms with Gasteiger partial charge >= 0.3 is 0 Å². The molecule has 5 nitrogen and oxygen atoms in total. The van der Waals surface area contributed by atoms with Crippen molar-refractivity contribution in [2.45, 2.75) is 12.8 Å². The summed E-state index contributed by atoms with van der Waals surface area (Å²) in [7, 11) is 0. The molecule has 1 N–H and O–H groups in total. The molecule has 1 saturated heterocycles. The van der Waals surface area contributed by atoms with Crippen molar-refractivity contribution in [3.8, 4) is 11.3 Å². The number of halogens is 1. The number of hydrogen-bond acceptors (Lipinski definition) is 4. The maximum Gasteiger partial charge on any atom is 0.253 e. The molecule has 0 spiro atoms. The Morgan fingerprint density at radius 2 is 1.71 bits per heavy atom. The maximum absolute atomic E-state index is 12.8. The van der Waals surface area contributed by atoms with Crippen molar-refractivity contribution in [1.29, 1.82) is 0 Å². The molecule has 0 saturated carbocycles. The zero-order chi connectivity index (χ0) is 21.2. The van der Waals surface area contributed by atoms with Gasteiger partial charge in [0.15, 0.2) is 0 Å². The molecule has 5 rings (SSSR count). The number of hydrogen-bond donors (Lipinski definition) is 1. The second kappa shape index (κ2) is 8.47. The van der Waals surface area contributed by atoms with Gasteiger partial charge in [0.1, 0.15) is 0 Å². The summed E-state index contributed by atoms with van der Waals surface area (Å²) < 4.78 is 0.981. The van der Waals surface area contributed by atoms with Crippen LogP contribution in [0.1, 0.15) is 23.2 Å². The number of fused-ring (bicyclic) bond motifs is 1. The number of carbonyl (C=O) groups is 1. The number of nitrogens with one attached hydrogen (secondary N) is 1.